The molecular formula is C25H27N3O2S. The van der Waals surface area contributed by atoms with Crippen LogP contribution in [-0.2, 0) is 4.79 Å². The highest BCUT2D eigenvalue weighted by atomic mass is 32.1. The molecule has 2 heterocycles. The zero-order valence-corrected chi connectivity index (χ0v) is 18.5. The predicted octanol–water partition coefficient (Wildman–Crippen LogP) is 4.05. The third kappa shape index (κ3) is 5.40. The Morgan fingerprint density at radius 2 is 1.58 bits per heavy atom. The third-order valence-corrected chi connectivity index (χ3v) is 6.51. The fourth-order valence-electron chi connectivity index (χ4n) is 3.83. The highest BCUT2D eigenvalue weighted by Crippen LogP contribution is 2.22. The van der Waals surface area contributed by atoms with Gasteiger partial charge in [-0.15, -0.1) is 11.3 Å². The predicted molar refractivity (Wildman–Crippen MR) is 125 cm³/mol. The Labute approximate surface area is 187 Å². The van der Waals surface area contributed by atoms with Crippen LogP contribution in [-0.4, -0.2) is 54.3 Å². The molecule has 1 aromatic heterocycles. The van der Waals surface area contributed by atoms with Crippen molar-refractivity contribution in [1.29, 1.82) is 0 Å². The largest absolute Gasteiger partial charge is 0.348 e. The van der Waals surface area contributed by atoms with Crippen molar-refractivity contribution in [2.24, 2.45) is 0 Å². The number of hydrogen-bond acceptors (Lipinski definition) is 4. The topological polar surface area (TPSA) is 52.7 Å². The molecule has 1 N–H and O–H groups in total. The summed E-state index contributed by atoms with van der Waals surface area (Å²) in [6.45, 7) is 5.09. The number of thiophene rings is 1. The fourth-order valence-corrected chi connectivity index (χ4v) is 4.52. The van der Waals surface area contributed by atoms with E-state index in [0.29, 0.717) is 32.7 Å². The number of nitrogens with zero attached hydrogens (tertiary/aromatic N) is 2. The van der Waals surface area contributed by atoms with Crippen molar-refractivity contribution in [3.63, 3.8) is 0 Å². The van der Waals surface area contributed by atoms with E-state index in [1.807, 2.05) is 47.5 Å². The van der Waals surface area contributed by atoms with Gasteiger partial charge in [-0.05, 0) is 35.1 Å². The molecule has 160 valence electrons. The second-order valence-electron chi connectivity index (χ2n) is 7.82. The average Bonchev–Trinajstić information content (AvgIpc) is 3.35. The van der Waals surface area contributed by atoms with Crippen molar-refractivity contribution in [3.05, 3.63) is 82.6 Å². The Balaban J connectivity index is 1.25. The van der Waals surface area contributed by atoms with Gasteiger partial charge in [-0.25, -0.2) is 0 Å². The van der Waals surface area contributed by atoms with E-state index in [1.54, 1.807) is 0 Å². The van der Waals surface area contributed by atoms with Crippen molar-refractivity contribution in [3.8, 4) is 11.1 Å². The first-order valence-corrected chi connectivity index (χ1v) is 11.5. The minimum atomic E-state index is -0.0565. The highest BCUT2D eigenvalue weighted by molar-refractivity contribution is 7.12. The lowest BCUT2D eigenvalue weighted by Crippen LogP contribution is -2.51. The van der Waals surface area contributed by atoms with E-state index < -0.39 is 0 Å². The maximum Gasteiger partial charge on any atom is 0.264 e. The molecule has 0 saturated carbocycles. The molecule has 31 heavy (non-hydrogen) atoms. The number of amides is 2. The zero-order valence-electron chi connectivity index (χ0n) is 17.7. The van der Waals surface area contributed by atoms with Gasteiger partial charge in [-0.3, -0.25) is 14.5 Å². The molecule has 0 aliphatic carbocycles. The summed E-state index contributed by atoms with van der Waals surface area (Å²) in [7, 11) is 0. The van der Waals surface area contributed by atoms with E-state index in [-0.39, 0.29) is 17.9 Å². The molecule has 2 amide bonds. The van der Waals surface area contributed by atoms with Gasteiger partial charge in [0.2, 0.25) is 5.91 Å². The molecular weight excluding hydrogens is 406 g/mol. The second kappa shape index (κ2) is 9.90. The number of piperazine rings is 1. The summed E-state index contributed by atoms with van der Waals surface area (Å²) < 4.78 is 0. The first-order chi connectivity index (χ1) is 15.1. The van der Waals surface area contributed by atoms with E-state index in [0.717, 1.165) is 16.0 Å². The zero-order chi connectivity index (χ0) is 21.6. The Morgan fingerprint density at radius 1 is 0.903 bits per heavy atom. The van der Waals surface area contributed by atoms with Crippen LogP contribution in [0.25, 0.3) is 11.1 Å². The fraction of sp³-hybridized carbons (Fsp3) is 0.280. The van der Waals surface area contributed by atoms with Gasteiger partial charge in [-0.1, -0.05) is 60.7 Å². The normalized spacial score (nSPS) is 15.5. The Morgan fingerprint density at radius 3 is 2.23 bits per heavy atom. The van der Waals surface area contributed by atoms with Crippen LogP contribution in [0.2, 0.25) is 0 Å². The standard InChI is InChI=1S/C25H27N3O2S/c1-19(20-9-11-22(12-10-20)21-6-3-2-4-7-21)26-24(29)18-27-13-15-28(16-14-27)25(30)23-8-5-17-31-23/h2-12,17,19H,13-16,18H2,1H3,(H,26,29). The molecule has 1 aliphatic heterocycles. The van der Waals surface area contributed by atoms with Crippen molar-refractivity contribution >= 4 is 23.2 Å². The van der Waals surface area contributed by atoms with Crippen molar-refractivity contribution in [2.75, 3.05) is 32.7 Å². The Bertz CT molecular complexity index is 995. The summed E-state index contributed by atoms with van der Waals surface area (Å²) in [4.78, 5) is 29.8. The van der Waals surface area contributed by atoms with Gasteiger partial charge in [0.15, 0.2) is 0 Å². The molecule has 1 aliphatic rings. The van der Waals surface area contributed by atoms with Crippen LogP contribution in [0.15, 0.2) is 72.1 Å². The lowest BCUT2D eigenvalue weighted by molar-refractivity contribution is -0.123. The Kier molecular flexibility index (Phi) is 6.79. The molecule has 5 nitrogen and oxygen atoms in total. The molecule has 1 fully saturated rings. The van der Waals surface area contributed by atoms with Crippen molar-refractivity contribution < 1.29 is 9.59 Å². The van der Waals surface area contributed by atoms with Gasteiger partial charge < -0.3 is 10.2 Å². The van der Waals surface area contributed by atoms with Crippen LogP contribution < -0.4 is 5.32 Å². The van der Waals surface area contributed by atoms with Crippen LogP contribution >= 0.6 is 11.3 Å². The lowest BCUT2D eigenvalue weighted by atomic mass is 10.0. The number of nitrogens with one attached hydrogen (secondary N) is 1. The summed E-state index contributed by atoms with van der Waals surface area (Å²) in [5.41, 5.74) is 3.43. The van der Waals surface area contributed by atoms with Crippen molar-refractivity contribution in [1.82, 2.24) is 15.1 Å². The van der Waals surface area contributed by atoms with Gasteiger partial charge in [0.05, 0.1) is 17.5 Å². The third-order valence-electron chi connectivity index (χ3n) is 5.65. The van der Waals surface area contributed by atoms with E-state index in [4.69, 9.17) is 0 Å². The first kappa shape index (κ1) is 21.3. The summed E-state index contributed by atoms with van der Waals surface area (Å²) in [6, 6.07) is 22.3. The number of carbonyl (C=O) groups is 2. The maximum atomic E-state index is 12.6. The molecule has 0 spiro atoms. The number of hydrogen-bond donors (Lipinski definition) is 1. The molecule has 0 radical (unpaired) electrons. The van der Waals surface area contributed by atoms with Crippen LogP contribution in [0.4, 0.5) is 0 Å². The highest BCUT2D eigenvalue weighted by Gasteiger charge is 2.24. The van der Waals surface area contributed by atoms with E-state index in [9.17, 15) is 9.59 Å². The summed E-state index contributed by atoms with van der Waals surface area (Å²) in [5.74, 6) is 0.101. The van der Waals surface area contributed by atoms with Crippen LogP contribution in [0, 0.1) is 0 Å². The lowest BCUT2D eigenvalue weighted by Gasteiger charge is -2.34. The van der Waals surface area contributed by atoms with Gasteiger partial charge in [0.1, 0.15) is 0 Å². The van der Waals surface area contributed by atoms with Crippen LogP contribution in [0.3, 0.4) is 0 Å². The van der Waals surface area contributed by atoms with Crippen LogP contribution in [0.5, 0.6) is 0 Å². The van der Waals surface area contributed by atoms with E-state index in [2.05, 4.69) is 46.6 Å². The molecule has 1 atom stereocenters. The van der Waals surface area contributed by atoms with Gasteiger partial charge >= 0.3 is 0 Å². The first-order valence-electron chi connectivity index (χ1n) is 10.6. The minimum Gasteiger partial charge on any atom is -0.348 e. The quantitative estimate of drug-likeness (QED) is 0.638. The molecule has 1 unspecified atom stereocenters. The summed E-state index contributed by atoms with van der Waals surface area (Å²) in [5, 5.41) is 5.02. The number of benzene rings is 2. The Hall–Kier alpha value is -2.96. The van der Waals surface area contributed by atoms with E-state index >= 15 is 0 Å². The molecule has 6 heteroatoms. The second-order valence-corrected chi connectivity index (χ2v) is 8.77. The minimum absolute atomic E-state index is 0.0117. The van der Waals surface area contributed by atoms with Gasteiger partial charge in [-0.2, -0.15) is 0 Å². The molecule has 4 rings (SSSR count). The number of carbonyl (C=O) groups excluding carboxylic acids is 2. The van der Waals surface area contributed by atoms with Gasteiger partial charge in [0.25, 0.3) is 5.91 Å². The number of rotatable bonds is 6. The summed E-state index contributed by atoms with van der Waals surface area (Å²) >= 11 is 1.47. The molecule has 0 bridgehead atoms. The monoisotopic (exact) mass is 433 g/mol. The van der Waals surface area contributed by atoms with Crippen LogP contribution in [0.1, 0.15) is 28.2 Å². The molecule has 3 aromatic rings. The van der Waals surface area contributed by atoms with Crippen molar-refractivity contribution in [2.45, 2.75) is 13.0 Å². The SMILES string of the molecule is CC(NC(=O)CN1CCN(C(=O)c2cccs2)CC1)c1ccc(-c2ccccc2)cc1. The molecule has 1 saturated heterocycles. The van der Waals surface area contributed by atoms with Gasteiger partial charge in [0, 0.05) is 26.2 Å². The van der Waals surface area contributed by atoms with E-state index in [1.165, 1.54) is 16.9 Å². The summed E-state index contributed by atoms with van der Waals surface area (Å²) in [6.07, 6.45) is 0. The maximum absolute atomic E-state index is 12.6. The average molecular weight is 434 g/mol. The molecule has 2 aromatic carbocycles. The smallest absolute Gasteiger partial charge is 0.264 e.